The van der Waals surface area contributed by atoms with Gasteiger partial charge in [0.25, 0.3) is 0 Å². The third-order valence-electron chi connectivity index (χ3n) is 3.99. The zero-order valence-corrected chi connectivity index (χ0v) is 14.5. The van der Waals surface area contributed by atoms with Gasteiger partial charge in [-0.3, -0.25) is 9.69 Å². The van der Waals surface area contributed by atoms with Crippen LogP contribution in [0, 0.1) is 0 Å². The van der Waals surface area contributed by atoms with Crippen molar-refractivity contribution in [2.45, 2.75) is 19.1 Å². The van der Waals surface area contributed by atoms with Crippen molar-refractivity contribution in [1.29, 1.82) is 0 Å². The van der Waals surface area contributed by atoms with Crippen molar-refractivity contribution in [2.24, 2.45) is 0 Å². The van der Waals surface area contributed by atoms with Crippen molar-refractivity contribution in [3.8, 4) is 0 Å². The highest BCUT2D eigenvalue weighted by molar-refractivity contribution is 5.76. The lowest BCUT2D eigenvalue weighted by Gasteiger charge is -2.32. The number of ether oxygens (including phenoxy) is 2. The summed E-state index contributed by atoms with van der Waals surface area (Å²) in [6.07, 6.45) is 0.396. The molecule has 1 heterocycles. The van der Waals surface area contributed by atoms with E-state index in [0.29, 0.717) is 26.2 Å². The van der Waals surface area contributed by atoms with E-state index in [1.807, 2.05) is 6.07 Å². The summed E-state index contributed by atoms with van der Waals surface area (Å²) >= 11 is 0. The Hall–Kier alpha value is -1.47. The molecule has 0 spiro atoms. The summed E-state index contributed by atoms with van der Waals surface area (Å²) < 4.78 is 10.7. The van der Waals surface area contributed by atoms with Crippen molar-refractivity contribution in [3.05, 3.63) is 35.9 Å². The van der Waals surface area contributed by atoms with Gasteiger partial charge in [0.05, 0.1) is 25.7 Å². The smallest absolute Gasteiger partial charge is 0.222 e. The van der Waals surface area contributed by atoms with Crippen LogP contribution in [0.4, 0.5) is 0 Å². The lowest BCUT2D eigenvalue weighted by molar-refractivity contribution is -0.126. The number of hydrogen-bond acceptors (Lipinski definition) is 5. The van der Waals surface area contributed by atoms with Crippen LogP contribution in [0.1, 0.15) is 12.0 Å². The highest BCUT2D eigenvalue weighted by Crippen LogP contribution is 2.12. The van der Waals surface area contributed by atoms with Gasteiger partial charge in [0, 0.05) is 46.4 Å². The Morgan fingerprint density at radius 3 is 2.92 bits per heavy atom. The third-order valence-corrected chi connectivity index (χ3v) is 3.99. The maximum Gasteiger partial charge on any atom is 0.222 e. The lowest BCUT2D eigenvalue weighted by Crippen LogP contribution is -2.44. The molecular weight excluding hydrogens is 306 g/mol. The van der Waals surface area contributed by atoms with E-state index in [0.717, 1.165) is 32.7 Å². The minimum absolute atomic E-state index is 0.0242. The molecule has 6 heteroatoms. The minimum atomic E-state index is -0.0242. The van der Waals surface area contributed by atoms with Gasteiger partial charge in [-0.25, -0.2) is 0 Å². The van der Waals surface area contributed by atoms with Gasteiger partial charge < -0.3 is 20.1 Å². The Bertz CT molecular complexity index is 470. The van der Waals surface area contributed by atoms with E-state index in [1.165, 1.54) is 5.56 Å². The Morgan fingerprint density at radius 2 is 2.12 bits per heavy atom. The molecule has 0 aliphatic carbocycles. The molecule has 1 saturated heterocycles. The van der Waals surface area contributed by atoms with E-state index in [9.17, 15) is 4.79 Å². The van der Waals surface area contributed by atoms with Crippen LogP contribution in [0.15, 0.2) is 30.3 Å². The summed E-state index contributed by atoms with van der Waals surface area (Å²) in [5, 5.41) is 6.13. The molecule has 134 valence electrons. The fourth-order valence-electron chi connectivity index (χ4n) is 2.76. The first-order valence-electron chi connectivity index (χ1n) is 8.62. The van der Waals surface area contributed by atoms with E-state index >= 15 is 0 Å². The first-order chi connectivity index (χ1) is 11.8. The highest BCUT2D eigenvalue weighted by atomic mass is 16.5. The number of nitrogens with zero attached hydrogens (tertiary/aromatic N) is 1. The van der Waals surface area contributed by atoms with E-state index < -0.39 is 0 Å². The zero-order valence-electron chi connectivity index (χ0n) is 14.5. The van der Waals surface area contributed by atoms with Crippen LogP contribution in [0.3, 0.4) is 0 Å². The molecule has 1 aliphatic heterocycles. The van der Waals surface area contributed by atoms with Gasteiger partial charge in [-0.05, 0) is 5.56 Å². The van der Waals surface area contributed by atoms with Crippen LogP contribution in [0.25, 0.3) is 0 Å². The van der Waals surface area contributed by atoms with E-state index in [2.05, 4.69) is 39.8 Å². The quantitative estimate of drug-likeness (QED) is 0.614. The van der Waals surface area contributed by atoms with Crippen molar-refractivity contribution >= 4 is 5.91 Å². The van der Waals surface area contributed by atoms with Gasteiger partial charge in [-0.1, -0.05) is 30.3 Å². The summed E-state index contributed by atoms with van der Waals surface area (Å²) in [4.78, 5) is 14.4. The molecule has 1 amide bonds. The van der Waals surface area contributed by atoms with Crippen LogP contribution in [0.2, 0.25) is 0 Å². The van der Waals surface area contributed by atoms with E-state index in [-0.39, 0.29) is 12.0 Å². The molecular formula is C18H29N3O3. The molecule has 2 rings (SSSR count). The number of carbonyl (C=O) groups excluding carboxylic acids is 1. The molecule has 1 atom stereocenters. The number of nitrogens with one attached hydrogen (secondary N) is 2. The average Bonchev–Trinajstić information content (AvgIpc) is 2.59. The van der Waals surface area contributed by atoms with Gasteiger partial charge in [0.15, 0.2) is 0 Å². The molecule has 6 nitrogen and oxygen atoms in total. The summed E-state index contributed by atoms with van der Waals surface area (Å²) in [5.41, 5.74) is 1.30. The lowest BCUT2D eigenvalue weighted by atomic mass is 10.1. The average molecular weight is 335 g/mol. The van der Waals surface area contributed by atoms with Crippen LogP contribution in [-0.4, -0.2) is 70.0 Å². The predicted octanol–water partition coefficient (Wildman–Crippen LogP) is 0.630. The first-order valence-corrected chi connectivity index (χ1v) is 8.62. The molecule has 0 aromatic heterocycles. The van der Waals surface area contributed by atoms with Gasteiger partial charge >= 0.3 is 0 Å². The fourth-order valence-corrected chi connectivity index (χ4v) is 2.76. The molecule has 1 aromatic rings. The number of hydrogen-bond donors (Lipinski definition) is 2. The highest BCUT2D eigenvalue weighted by Gasteiger charge is 2.22. The van der Waals surface area contributed by atoms with Gasteiger partial charge in [0.2, 0.25) is 5.91 Å². The Balaban J connectivity index is 1.62. The summed E-state index contributed by atoms with van der Waals surface area (Å²) in [6, 6.07) is 10.4. The number of carbonyl (C=O) groups is 1. The van der Waals surface area contributed by atoms with Crippen molar-refractivity contribution in [3.63, 3.8) is 0 Å². The number of benzene rings is 1. The molecule has 1 aromatic carbocycles. The van der Waals surface area contributed by atoms with Crippen molar-refractivity contribution in [1.82, 2.24) is 15.5 Å². The van der Waals surface area contributed by atoms with Gasteiger partial charge in [-0.15, -0.1) is 0 Å². The molecule has 0 saturated carbocycles. The summed E-state index contributed by atoms with van der Waals surface area (Å²) in [5.74, 6) is 0.0510. The van der Waals surface area contributed by atoms with Crippen molar-refractivity contribution in [2.75, 3.05) is 53.0 Å². The monoisotopic (exact) mass is 335 g/mol. The Labute approximate surface area is 144 Å². The standard InChI is InChI=1S/C18H29N3O3/c1-23-11-9-19-7-8-20-18(22)13-17-15-21(10-12-24-17)14-16-5-3-2-4-6-16/h2-6,17,19H,7-15H2,1H3,(H,20,22). The molecule has 1 fully saturated rings. The number of amides is 1. The molecule has 0 radical (unpaired) electrons. The topological polar surface area (TPSA) is 62.8 Å². The van der Waals surface area contributed by atoms with E-state index in [1.54, 1.807) is 7.11 Å². The first kappa shape index (κ1) is 18.9. The second kappa shape index (κ2) is 11.1. The maximum absolute atomic E-state index is 12.0. The summed E-state index contributed by atoms with van der Waals surface area (Å²) in [6.45, 7) is 6.16. The minimum Gasteiger partial charge on any atom is -0.383 e. The second-order valence-electron chi connectivity index (χ2n) is 6.01. The van der Waals surface area contributed by atoms with Crippen LogP contribution in [0.5, 0.6) is 0 Å². The second-order valence-corrected chi connectivity index (χ2v) is 6.01. The zero-order chi connectivity index (χ0) is 17.0. The fraction of sp³-hybridized carbons (Fsp3) is 0.611. The Kier molecular flexibility index (Phi) is 8.76. The SMILES string of the molecule is COCCNCCNC(=O)CC1CN(Cc2ccccc2)CCO1. The molecule has 24 heavy (non-hydrogen) atoms. The largest absolute Gasteiger partial charge is 0.383 e. The van der Waals surface area contributed by atoms with Gasteiger partial charge in [0.1, 0.15) is 0 Å². The normalized spacial score (nSPS) is 18.5. The van der Waals surface area contributed by atoms with Crippen molar-refractivity contribution < 1.29 is 14.3 Å². The number of methoxy groups -OCH3 is 1. The molecule has 0 bridgehead atoms. The molecule has 1 unspecified atom stereocenters. The Morgan fingerprint density at radius 1 is 1.29 bits per heavy atom. The third kappa shape index (κ3) is 7.40. The van der Waals surface area contributed by atoms with Crippen LogP contribution >= 0.6 is 0 Å². The number of rotatable bonds is 10. The maximum atomic E-state index is 12.0. The molecule has 2 N–H and O–H groups in total. The molecule has 1 aliphatic rings. The van der Waals surface area contributed by atoms with E-state index in [4.69, 9.17) is 9.47 Å². The van der Waals surface area contributed by atoms with Crippen LogP contribution < -0.4 is 10.6 Å². The number of morpholine rings is 1. The van der Waals surface area contributed by atoms with Gasteiger partial charge in [-0.2, -0.15) is 0 Å². The summed E-state index contributed by atoms with van der Waals surface area (Å²) in [7, 11) is 1.68. The predicted molar refractivity (Wildman–Crippen MR) is 93.8 cm³/mol. The van der Waals surface area contributed by atoms with Crippen LogP contribution in [-0.2, 0) is 20.8 Å².